The molecule has 2 atom stereocenters. The molecule has 0 bridgehead atoms. The molecule has 1 aromatic rings. The number of rotatable bonds is 5. The van der Waals surface area contributed by atoms with Crippen LogP contribution in [0, 0.1) is 5.82 Å². The van der Waals surface area contributed by atoms with E-state index in [2.05, 4.69) is 0 Å². The van der Waals surface area contributed by atoms with Crippen molar-refractivity contribution in [2.45, 2.75) is 12.0 Å². The smallest absolute Gasteiger partial charge is 0.150 e. The Balaban J connectivity index is 2.92. The summed E-state index contributed by atoms with van der Waals surface area (Å²) < 4.78 is 35.2. The standard InChI is InChI=1S/C11H16FNO3S/c1-17(15,16)7-11(14)10(6-13)8-3-2-4-9(12)5-8/h2-5,10-11,14H,6-7,13H2,1H3. The van der Waals surface area contributed by atoms with Gasteiger partial charge in [0.25, 0.3) is 0 Å². The molecule has 1 aromatic carbocycles. The first-order chi connectivity index (χ1) is 7.83. The minimum Gasteiger partial charge on any atom is -0.391 e. The first kappa shape index (κ1) is 14.1. The lowest BCUT2D eigenvalue weighted by Gasteiger charge is -2.21. The fourth-order valence-electron chi connectivity index (χ4n) is 1.68. The molecule has 1 rings (SSSR count). The molecule has 3 N–H and O–H groups in total. The van der Waals surface area contributed by atoms with Crippen LogP contribution < -0.4 is 5.73 Å². The Kier molecular flexibility index (Phi) is 4.62. The van der Waals surface area contributed by atoms with Gasteiger partial charge in [-0.1, -0.05) is 12.1 Å². The van der Waals surface area contributed by atoms with E-state index in [0.29, 0.717) is 5.56 Å². The summed E-state index contributed by atoms with van der Waals surface area (Å²) in [5, 5.41) is 9.81. The lowest BCUT2D eigenvalue weighted by molar-refractivity contribution is 0.167. The van der Waals surface area contributed by atoms with E-state index in [9.17, 15) is 17.9 Å². The fourth-order valence-corrected chi connectivity index (χ4v) is 2.53. The Hall–Kier alpha value is -0.980. The van der Waals surface area contributed by atoms with Crippen LogP contribution in [-0.4, -0.2) is 38.2 Å². The topological polar surface area (TPSA) is 80.4 Å². The molecule has 0 fully saturated rings. The van der Waals surface area contributed by atoms with Crippen LogP contribution in [0.5, 0.6) is 0 Å². The largest absolute Gasteiger partial charge is 0.391 e. The normalized spacial score (nSPS) is 15.5. The number of aliphatic hydroxyl groups is 1. The zero-order valence-corrected chi connectivity index (χ0v) is 10.3. The van der Waals surface area contributed by atoms with Crippen molar-refractivity contribution in [3.05, 3.63) is 35.6 Å². The molecule has 0 spiro atoms. The van der Waals surface area contributed by atoms with E-state index in [-0.39, 0.29) is 12.3 Å². The summed E-state index contributed by atoms with van der Waals surface area (Å²) >= 11 is 0. The summed E-state index contributed by atoms with van der Waals surface area (Å²) in [5.41, 5.74) is 6.00. The molecule has 0 amide bonds. The van der Waals surface area contributed by atoms with Crippen LogP contribution in [-0.2, 0) is 9.84 Å². The van der Waals surface area contributed by atoms with Crippen molar-refractivity contribution in [1.29, 1.82) is 0 Å². The maximum absolute atomic E-state index is 13.0. The van der Waals surface area contributed by atoms with Gasteiger partial charge in [0.05, 0.1) is 11.9 Å². The van der Waals surface area contributed by atoms with Crippen LogP contribution in [0.25, 0.3) is 0 Å². The van der Waals surface area contributed by atoms with E-state index in [1.165, 1.54) is 18.2 Å². The molecule has 0 aliphatic carbocycles. The minimum atomic E-state index is -3.30. The van der Waals surface area contributed by atoms with Gasteiger partial charge in [0.1, 0.15) is 15.7 Å². The molecule has 0 radical (unpaired) electrons. The van der Waals surface area contributed by atoms with Crippen molar-refractivity contribution in [2.24, 2.45) is 5.73 Å². The van der Waals surface area contributed by atoms with Crippen LogP contribution in [0.3, 0.4) is 0 Å². The van der Waals surface area contributed by atoms with E-state index >= 15 is 0 Å². The van der Waals surface area contributed by atoms with Crippen LogP contribution in [0.1, 0.15) is 11.5 Å². The lowest BCUT2D eigenvalue weighted by atomic mass is 9.94. The first-order valence-electron chi connectivity index (χ1n) is 5.15. The van der Waals surface area contributed by atoms with Gasteiger partial charge in [-0.15, -0.1) is 0 Å². The molecular formula is C11H16FNO3S. The van der Waals surface area contributed by atoms with Crippen molar-refractivity contribution in [3.8, 4) is 0 Å². The minimum absolute atomic E-state index is 0.0557. The highest BCUT2D eigenvalue weighted by Crippen LogP contribution is 2.20. The first-order valence-corrected chi connectivity index (χ1v) is 7.21. The zero-order chi connectivity index (χ0) is 13.1. The SMILES string of the molecule is CS(=O)(=O)CC(O)C(CN)c1cccc(F)c1. The van der Waals surface area contributed by atoms with Gasteiger partial charge in [0, 0.05) is 18.7 Å². The molecule has 0 aliphatic heterocycles. The van der Waals surface area contributed by atoms with E-state index in [1.54, 1.807) is 6.07 Å². The average molecular weight is 261 g/mol. The predicted octanol–water partition coefficient (Wildman–Crippen LogP) is 0.273. The number of hydrogen-bond donors (Lipinski definition) is 2. The van der Waals surface area contributed by atoms with Crippen LogP contribution >= 0.6 is 0 Å². The third kappa shape index (κ3) is 4.41. The van der Waals surface area contributed by atoms with Gasteiger partial charge in [-0.2, -0.15) is 0 Å². The third-order valence-electron chi connectivity index (χ3n) is 2.47. The van der Waals surface area contributed by atoms with Crippen LogP contribution in [0.4, 0.5) is 4.39 Å². The molecule has 0 aromatic heterocycles. The Morgan fingerprint density at radius 2 is 2.12 bits per heavy atom. The molecule has 4 nitrogen and oxygen atoms in total. The summed E-state index contributed by atoms with van der Waals surface area (Å²) in [4.78, 5) is 0. The van der Waals surface area contributed by atoms with E-state index in [0.717, 1.165) is 6.26 Å². The maximum Gasteiger partial charge on any atom is 0.150 e. The van der Waals surface area contributed by atoms with Crippen molar-refractivity contribution in [3.63, 3.8) is 0 Å². The van der Waals surface area contributed by atoms with Crippen molar-refractivity contribution in [1.82, 2.24) is 0 Å². The molecule has 6 heteroatoms. The van der Waals surface area contributed by atoms with E-state index in [1.807, 2.05) is 0 Å². The van der Waals surface area contributed by atoms with Gasteiger partial charge in [-0.25, -0.2) is 12.8 Å². The molecule has 2 unspecified atom stereocenters. The van der Waals surface area contributed by atoms with Crippen LogP contribution in [0.15, 0.2) is 24.3 Å². The van der Waals surface area contributed by atoms with E-state index < -0.39 is 27.7 Å². The number of benzene rings is 1. The Morgan fingerprint density at radius 3 is 2.59 bits per heavy atom. The molecule has 17 heavy (non-hydrogen) atoms. The maximum atomic E-state index is 13.0. The number of hydrogen-bond acceptors (Lipinski definition) is 4. The summed E-state index contributed by atoms with van der Waals surface area (Å²) in [5.74, 6) is -1.40. The highest BCUT2D eigenvalue weighted by atomic mass is 32.2. The summed E-state index contributed by atoms with van der Waals surface area (Å²) in [6, 6.07) is 5.65. The van der Waals surface area contributed by atoms with Crippen molar-refractivity contribution in [2.75, 3.05) is 18.6 Å². The van der Waals surface area contributed by atoms with Gasteiger partial charge in [0.15, 0.2) is 0 Å². The van der Waals surface area contributed by atoms with Gasteiger partial charge in [-0.05, 0) is 17.7 Å². The summed E-state index contributed by atoms with van der Waals surface area (Å²) in [7, 11) is -3.30. The van der Waals surface area contributed by atoms with Crippen molar-refractivity contribution >= 4 is 9.84 Å². The Morgan fingerprint density at radius 1 is 1.47 bits per heavy atom. The van der Waals surface area contributed by atoms with Gasteiger partial charge >= 0.3 is 0 Å². The second kappa shape index (κ2) is 5.57. The van der Waals surface area contributed by atoms with Gasteiger partial charge < -0.3 is 10.8 Å². The Bertz CT molecular complexity index is 475. The second-order valence-electron chi connectivity index (χ2n) is 4.06. The third-order valence-corrected chi connectivity index (χ3v) is 3.42. The molecule has 0 aliphatic rings. The van der Waals surface area contributed by atoms with Gasteiger partial charge in [0.2, 0.25) is 0 Å². The Labute approximate surface area is 100 Å². The predicted molar refractivity (Wildman–Crippen MR) is 63.9 cm³/mol. The van der Waals surface area contributed by atoms with Gasteiger partial charge in [-0.3, -0.25) is 0 Å². The molecule has 0 heterocycles. The van der Waals surface area contributed by atoms with Crippen molar-refractivity contribution < 1.29 is 17.9 Å². The summed E-state index contributed by atoms with van der Waals surface area (Å²) in [6.07, 6.45) is -0.0909. The zero-order valence-electron chi connectivity index (χ0n) is 9.51. The highest BCUT2D eigenvalue weighted by Gasteiger charge is 2.23. The second-order valence-corrected chi connectivity index (χ2v) is 6.24. The number of sulfone groups is 1. The highest BCUT2D eigenvalue weighted by molar-refractivity contribution is 7.90. The monoisotopic (exact) mass is 261 g/mol. The quantitative estimate of drug-likeness (QED) is 0.797. The molecule has 0 saturated carbocycles. The lowest BCUT2D eigenvalue weighted by Crippen LogP contribution is -2.31. The molecule has 96 valence electrons. The number of nitrogens with two attached hydrogens (primary N) is 1. The average Bonchev–Trinajstić information content (AvgIpc) is 2.15. The summed E-state index contributed by atoms with van der Waals surface area (Å²) in [6.45, 7) is 0.0557. The van der Waals surface area contributed by atoms with E-state index in [4.69, 9.17) is 5.73 Å². The molecular weight excluding hydrogens is 245 g/mol. The number of halogens is 1. The van der Waals surface area contributed by atoms with Crippen LogP contribution in [0.2, 0.25) is 0 Å². The number of aliphatic hydroxyl groups excluding tert-OH is 1. The fraction of sp³-hybridized carbons (Fsp3) is 0.455. The molecule has 0 saturated heterocycles.